The van der Waals surface area contributed by atoms with Crippen LogP contribution in [0.15, 0.2) is 84.9 Å². The zero-order valence-electron chi connectivity index (χ0n) is 18.9. The first kappa shape index (κ1) is 22.1. The lowest BCUT2D eigenvalue weighted by Gasteiger charge is -2.21. The van der Waals surface area contributed by atoms with E-state index in [1.165, 1.54) is 0 Å². The Morgan fingerprint density at radius 3 is 2.12 bits per heavy atom. The van der Waals surface area contributed by atoms with Crippen molar-refractivity contribution in [2.45, 2.75) is 25.0 Å². The highest BCUT2D eigenvalue weighted by Crippen LogP contribution is 2.44. The van der Waals surface area contributed by atoms with Crippen molar-refractivity contribution in [3.05, 3.63) is 107 Å². The molecular formula is C29H27NO4. The highest BCUT2D eigenvalue weighted by atomic mass is 16.5. The van der Waals surface area contributed by atoms with Gasteiger partial charge in [0.15, 0.2) is 0 Å². The third-order valence-electron chi connectivity index (χ3n) is 6.66. The van der Waals surface area contributed by atoms with E-state index in [2.05, 4.69) is 29.6 Å². The lowest BCUT2D eigenvalue weighted by molar-refractivity contribution is 0.0194. The van der Waals surface area contributed by atoms with Crippen LogP contribution in [0.5, 0.6) is 0 Å². The van der Waals surface area contributed by atoms with Crippen LogP contribution in [0, 0.1) is 6.92 Å². The Balaban J connectivity index is 1.22. The molecule has 1 amide bonds. The van der Waals surface area contributed by atoms with Gasteiger partial charge >= 0.3 is 6.09 Å². The van der Waals surface area contributed by atoms with Gasteiger partial charge in [-0.2, -0.15) is 0 Å². The maximum absolute atomic E-state index is 12.4. The van der Waals surface area contributed by atoms with Crippen molar-refractivity contribution in [1.29, 1.82) is 0 Å². The number of aliphatic hydroxyl groups is 2. The number of aryl methyl sites for hydroxylation is 1. The molecule has 2 unspecified atom stereocenters. The molecular weight excluding hydrogens is 426 g/mol. The predicted octanol–water partition coefficient (Wildman–Crippen LogP) is 5.08. The number of aliphatic hydroxyl groups excluding tert-OH is 2. The molecule has 5 nitrogen and oxygen atoms in total. The summed E-state index contributed by atoms with van der Waals surface area (Å²) in [6, 6.07) is 27.8. The number of carbonyl (C=O) groups excluding carboxylic acids is 1. The van der Waals surface area contributed by atoms with Gasteiger partial charge in [-0.05, 0) is 51.1 Å². The molecule has 4 aromatic carbocycles. The third kappa shape index (κ3) is 4.04. The van der Waals surface area contributed by atoms with Gasteiger partial charge in [0, 0.05) is 12.5 Å². The van der Waals surface area contributed by atoms with E-state index in [0.29, 0.717) is 5.56 Å². The van der Waals surface area contributed by atoms with Crippen molar-refractivity contribution in [2.24, 2.45) is 0 Å². The molecule has 5 heteroatoms. The lowest BCUT2D eigenvalue weighted by atomic mass is 9.95. The quantitative estimate of drug-likeness (QED) is 0.380. The molecule has 2 atom stereocenters. The summed E-state index contributed by atoms with van der Waals surface area (Å²) in [5.74, 6) is -0.0346. The van der Waals surface area contributed by atoms with Crippen LogP contribution in [-0.4, -0.2) is 35.6 Å². The lowest BCUT2D eigenvalue weighted by Crippen LogP contribution is -2.36. The minimum absolute atomic E-state index is 0.0346. The second-order valence-electron chi connectivity index (χ2n) is 8.74. The fourth-order valence-corrected chi connectivity index (χ4v) is 4.89. The van der Waals surface area contributed by atoms with Crippen molar-refractivity contribution in [2.75, 3.05) is 13.2 Å². The van der Waals surface area contributed by atoms with Crippen molar-refractivity contribution in [1.82, 2.24) is 5.32 Å². The molecule has 1 aliphatic rings. The van der Waals surface area contributed by atoms with Crippen LogP contribution in [0.4, 0.5) is 4.79 Å². The predicted molar refractivity (Wildman–Crippen MR) is 133 cm³/mol. The Morgan fingerprint density at radius 2 is 1.44 bits per heavy atom. The van der Waals surface area contributed by atoms with E-state index in [0.717, 1.165) is 38.6 Å². The summed E-state index contributed by atoms with van der Waals surface area (Å²) < 4.78 is 5.52. The molecule has 0 saturated carbocycles. The molecule has 4 aromatic rings. The summed E-state index contributed by atoms with van der Waals surface area (Å²) >= 11 is 0. The van der Waals surface area contributed by atoms with Gasteiger partial charge in [-0.25, -0.2) is 4.79 Å². The molecule has 0 spiro atoms. The first-order valence-corrected chi connectivity index (χ1v) is 11.5. The van der Waals surface area contributed by atoms with Crippen LogP contribution in [0.1, 0.15) is 34.3 Å². The van der Waals surface area contributed by atoms with E-state index in [9.17, 15) is 15.0 Å². The number of nitrogens with one attached hydrogen (secondary N) is 1. The second kappa shape index (κ2) is 9.29. The monoisotopic (exact) mass is 453 g/mol. The minimum atomic E-state index is -1.17. The number of alkyl carbamates (subject to hydrolysis) is 1. The number of ether oxygens (including phenoxy) is 1. The highest BCUT2D eigenvalue weighted by molar-refractivity contribution is 5.89. The van der Waals surface area contributed by atoms with Crippen LogP contribution in [0.3, 0.4) is 0 Å². The molecule has 0 heterocycles. The Labute approximate surface area is 198 Å². The number of hydrogen-bond donors (Lipinski definition) is 3. The Kier molecular flexibility index (Phi) is 6.05. The standard InChI is InChI=1S/C29H27NO4/c1-18-14-15-25(20-9-3-2-8-19(18)20)28(32)27(31)16-30-29(33)34-17-26-23-12-6-4-10-21(23)22-11-5-7-13-24(22)26/h2-15,26-28,31-32H,16-17H2,1H3,(H,30,33). The number of fused-ring (bicyclic) bond motifs is 4. The van der Waals surface area contributed by atoms with Gasteiger partial charge in [0.25, 0.3) is 0 Å². The molecule has 3 N–H and O–H groups in total. The molecule has 1 aliphatic carbocycles. The normalized spacial score (nSPS) is 14.3. The number of carbonyl (C=O) groups is 1. The number of rotatable bonds is 6. The van der Waals surface area contributed by atoms with Crippen LogP contribution in [-0.2, 0) is 4.74 Å². The summed E-state index contributed by atoms with van der Waals surface area (Å²) in [6.45, 7) is 2.08. The van der Waals surface area contributed by atoms with Crippen LogP contribution in [0.25, 0.3) is 21.9 Å². The van der Waals surface area contributed by atoms with Crippen LogP contribution < -0.4 is 5.32 Å². The molecule has 0 saturated heterocycles. The topological polar surface area (TPSA) is 78.8 Å². The molecule has 0 aliphatic heterocycles. The molecule has 0 radical (unpaired) electrons. The molecule has 5 rings (SSSR count). The SMILES string of the molecule is Cc1ccc(C(O)C(O)CNC(=O)OCC2c3ccccc3-c3ccccc32)c2ccccc12. The Hall–Kier alpha value is -3.67. The fourth-order valence-electron chi connectivity index (χ4n) is 4.89. The molecule has 0 fully saturated rings. The zero-order chi connectivity index (χ0) is 23.7. The van der Waals surface area contributed by atoms with E-state index >= 15 is 0 Å². The molecule has 34 heavy (non-hydrogen) atoms. The second-order valence-corrected chi connectivity index (χ2v) is 8.74. The maximum Gasteiger partial charge on any atom is 0.407 e. The molecule has 0 aromatic heterocycles. The average Bonchev–Trinajstić information content (AvgIpc) is 3.20. The van der Waals surface area contributed by atoms with Gasteiger partial charge in [-0.3, -0.25) is 0 Å². The van der Waals surface area contributed by atoms with Crippen molar-refractivity contribution < 1.29 is 19.7 Å². The first-order chi connectivity index (χ1) is 16.5. The number of hydrogen-bond acceptors (Lipinski definition) is 4. The van der Waals surface area contributed by atoms with Crippen molar-refractivity contribution in [3.63, 3.8) is 0 Å². The van der Waals surface area contributed by atoms with E-state index < -0.39 is 18.3 Å². The fraction of sp³-hybridized carbons (Fsp3) is 0.207. The average molecular weight is 454 g/mol. The van der Waals surface area contributed by atoms with E-state index in [4.69, 9.17) is 4.74 Å². The highest BCUT2D eigenvalue weighted by Gasteiger charge is 2.29. The largest absolute Gasteiger partial charge is 0.449 e. The van der Waals surface area contributed by atoms with Gasteiger partial charge in [-0.15, -0.1) is 0 Å². The number of benzene rings is 4. The van der Waals surface area contributed by atoms with E-state index in [1.54, 1.807) is 0 Å². The van der Waals surface area contributed by atoms with Gasteiger partial charge in [0.2, 0.25) is 0 Å². The summed E-state index contributed by atoms with van der Waals surface area (Å²) in [5, 5.41) is 25.8. The molecule has 0 bridgehead atoms. The van der Waals surface area contributed by atoms with Crippen LogP contribution in [0.2, 0.25) is 0 Å². The first-order valence-electron chi connectivity index (χ1n) is 11.5. The van der Waals surface area contributed by atoms with Gasteiger partial charge < -0.3 is 20.3 Å². The smallest absolute Gasteiger partial charge is 0.407 e. The van der Waals surface area contributed by atoms with E-state index in [-0.39, 0.29) is 19.1 Å². The summed E-state index contributed by atoms with van der Waals surface area (Å²) in [6.07, 6.45) is -2.94. The molecule has 172 valence electrons. The minimum Gasteiger partial charge on any atom is -0.449 e. The summed E-state index contributed by atoms with van der Waals surface area (Å²) in [4.78, 5) is 12.4. The Morgan fingerprint density at radius 1 is 0.853 bits per heavy atom. The van der Waals surface area contributed by atoms with E-state index in [1.807, 2.05) is 67.6 Å². The van der Waals surface area contributed by atoms with Gasteiger partial charge in [-0.1, -0.05) is 84.9 Å². The third-order valence-corrected chi connectivity index (χ3v) is 6.66. The summed E-state index contributed by atoms with van der Waals surface area (Å²) in [5.41, 5.74) is 6.32. The zero-order valence-corrected chi connectivity index (χ0v) is 18.9. The Bertz CT molecular complexity index is 1300. The van der Waals surface area contributed by atoms with Crippen molar-refractivity contribution >= 4 is 16.9 Å². The maximum atomic E-state index is 12.4. The number of amides is 1. The van der Waals surface area contributed by atoms with Gasteiger partial charge in [0.05, 0.1) is 0 Å². The van der Waals surface area contributed by atoms with Gasteiger partial charge in [0.1, 0.15) is 18.8 Å². The van der Waals surface area contributed by atoms with Crippen molar-refractivity contribution in [3.8, 4) is 11.1 Å². The van der Waals surface area contributed by atoms with Crippen LogP contribution >= 0.6 is 0 Å². The summed E-state index contributed by atoms with van der Waals surface area (Å²) in [7, 11) is 0.